The van der Waals surface area contributed by atoms with E-state index in [2.05, 4.69) is 26.3 Å². The molecule has 0 N–H and O–H groups in total. The van der Waals surface area contributed by atoms with Crippen LogP contribution >= 0.6 is 0 Å². The van der Waals surface area contributed by atoms with Gasteiger partial charge in [0.2, 0.25) is 5.88 Å². The molecule has 0 aliphatic carbocycles. The molecule has 11 heteroatoms. The maximum Gasteiger partial charge on any atom is 0.410 e. The molecule has 1 aliphatic rings. The van der Waals surface area contributed by atoms with Crippen molar-refractivity contribution in [2.45, 2.75) is 71.6 Å². The number of likely N-dealkylation sites (tertiary alicyclic amines) is 1. The van der Waals surface area contributed by atoms with E-state index in [0.717, 1.165) is 36.2 Å². The molecule has 5 heterocycles. The molecule has 208 valence electrons. The van der Waals surface area contributed by atoms with Gasteiger partial charge in [-0.3, -0.25) is 9.38 Å². The van der Waals surface area contributed by atoms with Crippen molar-refractivity contribution >= 4 is 11.7 Å². The van der Waals surface area contributed by atoms with E-state index in [9.17, 15) is 10.1 Å². The number of aromatic nitrogens is 6. The number of imidazole rings is 1. The Kier molecular flexibility index (Phi) is 7.43. The topological polar surface area (TPSA) is 123 Å². The monoisotopic (exact) mass is 542 g/mol. The van der Waals surface area contributed by atoms with Crippen LogP contribution in [0.2, 0.25) is 0 Å². The molecule has 5 rings (SSSR count). The Hall–Kier alpha value is -4.46. The molecule has 40 heavy (non-hydrogen) atoms. The third-order valence-corrected chi connectivity index (χ3v) is 6.99. The zero-order valence-corrected chi connectivity index (χ0v) is 23.5. The highest BCUT2D eigenvalue weighted by atomic mass is 16.6. The number of carbonyl (C=O) groups excluding carboxylic acids is 1. The minimum atomic E-state index is -0.526. The Morgan fingerprint density at radius 1 is 1.18 bits per heavy atom. The summed E-state index contributed by atoms with van der Waals surface area (Å²) in [6.07, 6.45) is 5.10. The minimum absolute atomic E-state index is 0.105. The van der Waals surface area contributed by atoms with Crippen LogP contribution in [0.15, 0.2) is 42.7 Å². The largest absolute Gasteiger partial charge is 0.469 e. The van der Waals surface area contributed by atoms with Gasteiger partial charge in [0, 0.05) is 30.9 Å². The summed E-state index contributed by atoms with van der Waals surface area (Å²) in [5.74, 6) is 0.469. The molecule has 1 amide bonds. The highest BCUT2D eigenvalue weighted by molar-refractivity contribution is 5.69. The molecule has 1 saturated heterocycles. The number of hydrogen-bond acceptors (Lipinski definition) is 8. The zero-order valence-electron chi connectivity index (χ0n) is 23.5. The highest BCUT2D eigenvalue weighted by Crippen LogP contribution is 2.32. The summed E-state index contributed by atoms with van der Waals surface area (Å²) in [4.78, 5) is 23.3. The van der Waals surface area contributed by atoms with E-state index in [1.807, 2.05) is 69.6 Å². The first-order valence-corrected chi connectivity index (χ1v) is 13.5. The Morgan fingerprint density at radius 3 is 2.73 bits per heavy atom. The fraction of sp³-hybridized carbons (Fsp3) is 0.448. The summed E-state index contributed by atoms with van der Waals surface area (Å²) in [6.45, 7) is 10.8. The summed E-state index contributed by atoms with van der Waals surface area (Å²) in [6, 6.07) is 11.7. The van der Waals surface area contributed by atoms with E-state index in [-0.39, 0.29) is 18.2 Å². The molecule has 0 saturated carbocycles. The zero-order chi connectivity index (χ0) is 28.4. The van der Waals surface area contributed by atoms with Crippen molar-refractivity contribution in [3.63, 3.8) is 0 Å². The third-order valence-electron chi connectivity index (χ3n) is 6.99. The van der Waals surface area contributed by atoms with Gasteiger partial charge in [-0.05, 0) is 72.1 Å². The summed E-state index contributed by atoms with van der Waals surface area (Å²) < 4.78 is 15.6. The molecular formula is C29H34N8O3. The number of fused-ring (bicyclic) bond motifs is 1. The summed E-state index contributed by atoms with van der Waals surface area (Å²) >= 11 is 0. The van der Waals surface area contributed by atoms with Gasteiger partial charge in [-0.15, -0.1) is 5.10 Å². The first kappa shape index (κ1) is 27.1. The first-order chi connectivity index (χ1) is 19.1. The Bertz CT molecular complexity index is 1550. The van der Waals surface area contributed by atoms with Crippen molar-refractivity contribution in [1.82, 2.24) is 34.3 Å². The summed E-state index contributed by atoms with van der Waals surface area (Å²) in [7, 11) is 0. The van der Waals surface area contributed by atoms with Gasteiger partial charge in [-0.2, -0.15) is 5.26 Å². The second-order valence-corrected chi connectivity index (χ2v) is 11.1. The van der Waals surface area contributed by atoms with Crippen LogP contribution in [0.4, 0.5) is 4.79 Å². The van der Waals surface area contributed by atoms with Crippen molar-refractivity contribution in [3.8, 4) is 23.2 Å². The lowest BCUT2D eigenvalue weighted by molar-refractivity contribution is 0.0255. The SMILES string of the molecule is Cc1c(-c2cc(O[C@H](C)c3ccccn3)n3c(C#N)cnc3c2)nnn1C1CCCN(C(=O)OC(C)(C)C)CC1. The van der Waals surface area contributed by atoms with Crippen molar-refractivity contribution in [1.29, 1.82) is 5.26 Å². The van der Waals surface area contributed by atoms with E-state index < -0.39 is 5.60 Å². The minimum Gasteiger partial charge on any atom is -0.469 e. The van der Waals surface area contributed by atoms with Crippen LogP contribution in [0.3, 0.4) is 0 Å². The lowest BCUT2D eigenvalue weighted by Gasteiger charge is -2.26. The number of rotatable bonds is 5. The normalized spacial score (nSPS) is 16.8. The molecule has 0 aromatic carbocycles. The number of amides is 1. The van der Waals surface area contributed by atoms with Gasteiger partial charge in [0.05, 0.1) is 23.6 Å². The van der Waals surface area contributed by atoms with Gasteiger partial charge in [0.15, 0.2) is 0 Å². The second-order valence-electron chi connectivity index (χ2n) is 11.1. The number of carbonyl (C=O) groups is 1. The quantitative estimate of drug-likeness (QED) is 0.334. The van der Waals surface area contributed by atoms with Crippen LogP contribution in [-0.2, 0) is 4.74 Å². The molecular weight excluding hydrogens is 508 g/mol. The first-order valence-electron chi connectivity index (χ1n) is 13.5. The number of nitriles is 1. The number of hydrogen-bond donors (Lipinski definition) is 0. The number of pyridine rings is 2. The van der Waals surface area contributed by atoms with Gasteiger partial charge in [0.25, 0.3) is 0 Å². The molecule has 0 radical (unpaired) electrons. The summed E-state index contributed by atoms with van der Waals surface area (Å²) in [5.41, 5.74) is 3.62. The lowest BCUT2D eigenvalue weighted by atomic mass is 10.1. The van der Waals surface area contributed by atoms with Gasteiger partial charge >= 0.3 is 6.09 Å². The van der Waals surface area contributed by atoms with Crippen LogP contribution in [0.1, 0.15) is 76.2 Å². The van der Waals surface area contributed by atoms with Crippen molar-refractivity contribution in [3.05, 3.63) is 59.8 Å². The standard InChI is InChI=1S/C29H34N8O3/c1-19-27(33-34-37(19)22-9-8-13-35(14-11-22)28(38)40-29(3,4)5)21-15-25-32-18-23(17-30)36(25)26(16-21)39-20(2)24-10-6-7-12-31-24/h6-7,10,12,15-16,18,20,22H,8-9,11,13-14H2,1-5H3/t20-,22?/m1/s1. The predicted octanol–water partition coefficient (Wildman–Crippen LogP) is 5.27. The average molecular weight is 543 g/mol. The van der Waals surface area contributed by atoms with Crippen LogP contribution in [0, 0.1) is 18.3 Å². The highest BCUT2D eigenvalue weighted by Gasteiger charge is 2.28. The average Bonchev–Trinajstić information content (AvgIpc) is 3.42. The molecule has 1 aliphatic heterocycles. The Labute approximate surface area is 233 Å². The number of nitrogens with zero attached hydrogens (tertiary/aromatic N) is 8. The Balaban J connectivity index is 1.42. The number of ether oxygens (including phenoxy) is 2. The van der Waals surface area contributed by atoms with Crippen LogP contribution in [0.25, 0.3) is 16.9 Å². The van der Waals surface area contributed by atoms with E-state index in [0.29, 0.717) is 36.0 Å². The summed E-state index contributed by atoms with van der Waals surface area (Å²) in [5, 5.41) is 18.7. The van der Waals surface area contributed by atoms with E-state index >= 15 is 0 Å². The third kappa shape index (κ3) is 5.61. The van der Waals surface area contributed by atoms with Crippen molar-refractivity contribution in [2.24, 2.45) is 0 Å². The molecule has 4 aromatic heterocycles. The molecule has 2 atom stereocenters. The van der Waals surface area contributed by atoms with Crippen molar-refractivity contribution in [2.75, 3.05) is 13.1 Å². The van der Waals surface area contributed by atoms with E-state index in [1.54, 1.807) is 15.5 Å². The van der Waals surface area contributed by atoms with Gasteiger partial charge < -0.3 is 14.4 Å². The fourth-order valence-electron chi connectivity index (χ4n) is 5.02. The molecule has 0 bridgehead atoms. The Morgan fingerprint density at radius 2 is 2.00 bits per heavy atom. The molecule has 11 nitrogen and oxygen atoms in total. The molecule has 1 fully saturated rings. The smallest absolute Gasteiger partial charge is 0.410 e. The predicted molar refractivity (Wildman–Crippen MR) is 148 cm³/mol. The van der Waals surface area contributed by atoms with E-state index in [4.69, 9.17) is 9.47 Å². The van der Waals surface area contributed by atoms with Crippen LogP contribution in [-0.4, -0.2) is 59.0 Å². The molecule has 0 spiro atoms. The lowest BCUT2D eigenvalue weighted by Crippen LogP contribution is -2.37. The second kappa shape index (κ2) is 11.0. The van der Waals surface area contributed by atoms with Crippen LogP contribution in [0.5, 0.6) is 5.88 Å². The van der Waals surface area contributed by atoms with Gasteiger partial charge in [-0.1, -0.05) is 11.3 Å². The molecule has 1 unspecified atom stereocenters. The molecule has 4 aromatic rings. The van der Waals surface area contributed by atoms with Gasteiger partial charge in [-0.25, -0.2) is 14.5 Å². The van der Waals surface area contributed by atoms with Gasteiger partial charge in [0.1, 0.15) is 34.8 Å². The maximum absolute atomic E-state index is 12.6. The fourth-order valence-corrected chi connectivity index (χ4v) is 5.02. The van der Waals surface area contributed by atoms with Crippen molar-refractivity contribution < 1.29 is 14.3 Å². The van der Waals surface area contributed by atoms with Crippen LogP contribution < -0.4 is 4.74 Å². The maximum atomic E-state index is 12.6. The van der Waals surface area contributed by atoms with E-state index in [1.165, 1.54) is 6.20 Å².